The Hall–Kier alpha value is -0.610. The first-order valence-corrected chi connectivity index (χ1v) is 5.92. The van der Waals surface area contributed by atoms with Crippen LogP contribution < -0.4 is 5.73 Å². The second kappa shape index (κ2) is 4.75. The Balaban J connectivity index is 1.96. The van der Waals surface area contributed by atoms with Gasteiger partial charge in [-0.15, -0.1) is 11.8 Å². The third-order valence-electron chi connectivity index (χ3n) is 2.58. The molecule has 14 heavy (non-hydrogen) atoms. The first-order chi connectivity index (χ1) is 6.86. The summed E-state index contributed by atoms with van der Waals surface area (Å²) in [5.41, 5.74) is 6.06. The molecular weight excluding hydrogens is 194 g/mol. The van der Waals surface area contributed by atoms with Crippen molar-refractivity contribution in [3.63, 3.8) is 0 Å². The third kappa shape index (κ3) is 2.45. The maximum Gasteiger partial charge on any atom is 0.116 e. The molecule has 3 nitrogen and oxygen atoms in total. The first-order valence-electron chi connectivity index (χ1n) is 5.04. The zero-order valence-corrected chi connectivity index (χ0v) is 8.91. The predicted octanol–water partition coefficient (Wildman–Crippen LogP) is 1.84. The Kier molecular flexibility index (Phi) is 3.37. The van der Waals surface area contributed by atoms with Gasteiger partial charge in [-0.05, 0) is 18.9 Å². The fourth-order valence-electron chi connectivity index (χ4n) is 1.78. The Labute approximate surface area is 88.5 Å². The minimum Gasteiger partial charge on any atom is -0.327 e. The lowest BCUT2D eigenvalue weighted by atomic mass is 9.96. The van der Waals surface area contributed by atoms with Crippen LogP contribution in [0.15, 0.2) is 23.6 Å². The van der Waals surface area contributed by atoms with Crippen molar-refractivity contribution >= 4 is 11.8 Å². The molecule has 1 heterocycles. The molecule has 1 aromatic rings. The highest BCUT2D eigenvalue weighted by Crippen LogP contribution is 2.31. The molecule has 76 valence electrons. The van der Waals surface area contributed by atoms with Crippen LogP contribution in [0.2, 0.25) is 0 Å². The summed E-state index contributed by atoms with van der Waals surface area (Å²) >= 11 is 1.80. The van der Waals surface area contributed by atoms with Gasteiger partial charge in [0.15, 0.2) is 0 Å². The van der Waals surface area contributed by atoms with Gasteiger partial charge in [0.2, 0.25) is 0 Å². The molecule has 0 bridgehead atoms. The molecule has 0 radical (unpaired) electrons. The summed E-state index contributed by atoms with van der Waals surface area (Å²) in [4.78, 5) is 8.11. The van der Waals surface area contributed by atoms with Crippen molar-refractivity contribution in [1.29, 1.82) is 0 Å². The molecule has 1 fully saturated rings. The van der Waals surface area contributed by atoms with Crippen LogP contribution in [0.5, 0.6) is 0 Å². The molecule has 2 rings (SSSR count). The van der Waals surface area contributed by atoms with Crippen molar-refractivity contribution in [1.82, 2.24) is 9.97 Å². The molecule has 0 spiro atoms. The molecule has 0 saturated heterocycles. The quantitative estimate of drug-likeness (QED) is 0.755. The summed E-state index contributed by atoms with van der Waals surface area (Å²) in [6.07, 6.45) is 8.33. The first kappa shape index (κ1) is 9.93. The van der Waals surface area contributed by atoms with Gasteiger partial charge in [0, 0.05) is 17.5 Å². The van der Waals surface area contributed by atoms with E-state index in [-0.39, 0.29) is 0 Å². The lowest BCUT2D eigenvalue weighted by molar-refractivity contribution is 0.453. The topological polar surface area (TPSA) is 51.8 Å². The van der Waals surface area contributed by atoms with Crippen LogP contribution in [0, 0.1) is 0 Å². The molecule has 2 N–H and O–H groups in total. The van der Waals surface area contributed by atoms with E-state index in [9.17, 15) is 0 Å². The van der Waals surface area contributed by atoms with Gasteiger partial charge in [0.25, 0.3) is 0 Å². The van der Waals surface area contributed by atoms with Crippen LogP contribution in [0.25, 0.3) is 0 Å². The highest BCUT2D eigenvalue weighted by atomic mass is 32.2. The smallest absolute Gasteiger partial charge is 0.116 e. The Morgan fingerprint density at radius 2 is 2.21 bits per heavy atom. The molecule has 0 aromatic carbocycles. The Morgan fingerprint density at radius 1 is 1.36 bits per heavy atom. The van der Waals surface area contributed by atoms with E-state index in [1.165, 1.54) is 19.3 Å². The Morgan fingerprint density at radius 3 is 2.93 bits per heavy atom. The van der Waals surface area contributed by atoms with Crippen molar-refractivity contribution in [2.45, 2.75) is 42.0 Å². The fraction of sp³-hybridized carbons (Fsp3) is 0.600. The number of hydrogen-bond donors (Lipinski definition) is 1. The van der Waals surface area contributed by atoms with E-state index in [0.29, 0.717) is 11.3 Å². The molecule has 2 atom stereocenters. The van der Waals surface area contributed by atoms with Gasteiger partial charge in [0.05, 0.1) is 5.03 Å². The van der Waals surface area contributed by atoms with E-state index in [1.807, 2.05) is 6.07 Å². The summed E-state index contributed by atoms with van der Waals surface area (Å²) < 4.78 is 0. The van der Waals surface area contributed by atoms with Crippen molar-refractivity contribution in [3.05, 3.63) is 18.6 Å². The zero-order valence-electron chi connectivity index (χ0n) is 8.10. The number of aromatic nitrogens is 2. The van der Waals surface area contributed by atoms with Crippen molar-refractivity contribution in [3.8, 4) is 0 Å². The summed E-state index contributed by atoms with van der Waals surface area (Å²) in [5, 5.41) is 1.58. The van der Waals surface area contributed by atoms with Crippen molar-refractivity contribution < 1.29 is 0 Å². The van der Waals surface area contributed by atoms with Crippen molar-refractivity contribution in [2.75, 3.05) is 0 Å². The van der Waals surface area contributed by atoms with Crippen LogP contribution in [0.3, 0.4) is 0 Å². The van der Waals surface area contributed by atoms with Crippen LogP contribution in [0.1, 0.15) is 25.7 Å². The molecule has 1 aliphatic carbocycles. The average molecular weight is 209 g/mol. The molecule has 1 aromatic heterocycles. The number of hydrogen-bond acceptors (Lipinski definition) is 4. The minimum absolute atomic E-state index is 0.337. The molecule has 0 amide bonds. The largest absolute Gasteiger partial charge is 0.327 e. The maximum atomic E-state index is 6.06. The van der Waals surface area contributed by atoms with E-state index >= 15 is 0 Å². The van der Waals surface area contributed by atoms with Gasteiger partial charge in [-0.25, -0.2) is 9.97 Å². The third-order valence-corrected chi connectivity index (χ3v) is 3.95. The minimum atomic E-state index is 0.337. The van der Waals surface area contributed by atoms with E-state index in [1.54, 1.807) is 24.3 Å². The van der Waals surface area contributed by atoms with Crippen LogP contribution in [-0.4, -0.2) is 21.3 Å². The van der Waals surface area contributed by atoms with Crippen LogP contribution in [-0.2, 0) is 0 Å². The number of nitrogens with two attached hydrogens (primary N) is 1. The normalized spacial score (nSPS) is 27.5. The van der Waals surface area contributed by atoms with Crippen LogP contribution in [0.4, 0.5) is 0 Å². The van der Waals surface area contributed by atoms with Crippen molar-refractivity contribution in [2.24, 2.45) is 5.73 Å². The molecule has 0 aliphatic heterocycles. The summed E-state index contributed by atoms with van der Waals surface area (Å²) in [7, 11) is 0. The molecule has 1 aliphatic rings. The van der Waals surface area contributed by atoms with E-state index < -0.39 is 0 Å². The predicted molar refractivity (Wildman–Crippen MR) is 58.1 cm³/mol. The van der Waals surface area contributed by atoms with Gasteiger partial charge in [0.1, 0.15) is 6.33 Å². The zero-order chi connectivity index (χ0) is 9.80. The summed E-state index contributed by atoms with van der Waals surface area (Å²) in [6.45, 7) is 0. The van der Waals surface area contributed by atoms with E-state index in [0.717, 1.165) is 11.4 Å². The lowest BCUT2D eigenvalue weighted by Crippen LogP contribution is -2.35. The van der Waals surface area contributed by atoms with Gasteiger partial charge in [-0.3, -0.25) is 0 Å². The van der Waals surface area contributed by atoms with Gasteiger partial charge < -0.3 is 5.73 Å². The number of nitrogens with zero attached hydrogens (tertiary/aromatic N) is 2. The highest BCUT2D eigenvalue weighted by Gasteiger charge is 2.22. The molecular formula is C10H15N3S. The number of thioether (sulfide) groups is 1. The van der Waals surface area contributed by atoms with Gasteiger partial charge >= 0.3 is 0 Å². The van der Waals surface area contributed by atoms with Gasteiger partial charge in [-0.1, -0.05) is 12.8 Å². The lowest BCUT2D eigenvalue weighted by Gasteiger charge is -2.27. The van der Waals surface area contributed by atoms with Gasteiger partial charge in [-0.2, -0.15) is 0 Å². The average Bonchev–Trinajstić information content (AvgIpc) is 2.23. The number of rotatable bonds is 2. The second-order valence-corrected chi connectivity index (χ2v) is 4.91. The molecule has 4 heteroatoms. The monoisotopic (exact) mass is 209 g/mol. The van der Waals surface area contributed by atoms with Crippen LogP contribution >= 0.6 is 11.8 Å². The second-order valence-electron chi connectivity index (χ2n) is 3.65. The molecule has 2 unspecified atom stereocenters. The SMILES string of the molecule is NC1CCCCC1Sc1ccncn1. The standard InChI is InChI=1S/C10H15N3S/c11-8-3-1-2-4-9(8)14-10-5-6-12-7-13-10/h5-9H,1-4,11H2. The Bertz CT molecular complexity index is 278. The highest BCUT2D eigenvalue weighted by molar-refractivity contribution is 7.99. The van der Waals surface area contributed by atoms with E-state index in [2.05, 4.69) is 9.97 Å². The fourth-order valence-corrected chi connectivity index (χ4v) is 2.93. The molecule has 1 saturated carbocycles. The van der Waals surface area contributed by atoms with E-state index in [4.69, 9.17) is 5.73 Å². The maximum absolute atomic E-state index is 6.06. The summed E-state index contributed by atoms with van der Waals surface area (Å²) in [5.74, 6) is 0. The summed E-state index contributed by atoms with van der Waals surface area (Å²) in [6, 6.07) is 2.29.